The summed E-state index contributed by atoms with van der Waals surface area (Å²) in [6.45, 7) is 1.32. The lowest BCUT2D eigenvalue weighted by molar-refractivity contribution is -0.114. The average molecular weight is 274 g/mol. The fraction of sp³-hybridized carbons (Fsp3) is 0.154. The third-order valence-corrected chi connectivity index (χ3v) is 2.55. The van der Waals surface area contributed by atoms with Crippen LogP contribution in [0.1, 0.15) is 12.5 Å². The van der Waals surface area contributed by atoms with E-state index in [1.54, 1.807) is 0 Å². The number of amides is 1. The van der Waals surface area contributed by atoms with Crippen molar-refractivity contribution < 1.29 is 13.9 Å². The molecule has 0 aliphatic carbocycles. The van der Waals surface area contributed by atoms with Crippen LogP contribution in [0.15, 0.2) is 24.4 Å². The van der Waals surface area contributed by atoms with Gasteiger partial charge in [0.1, 0.15) is 28.9 Å². The molecular weight excluding hydrogens is 263 g/mol. The number of aromatic nitrogens is 2. The van der Waals surface area contributed by atoms with E-state index < -0.39 is 5.82 Å². The van der Waals surface area contributed by atoms with Gasteiger partial charge in [0, 0.05) is 13.0 Å². The van der Waals surface area contributed by atoms with E-state index in [1.165, 1.54) is 43.1 Å². The molecule has 0 saturated heterocycles. The SMILES string of the molecule is COc1cc(F)ccc1-n1ncc(C#N)c1NC(C)=O. The second-order valence-electron chi connectivity index (χ2n) is 3.93. The van der Waals surface area contributed by atoms with Crippen molar-refractivity contribution in [2.45, 2.75) is 6.92 Å². The molecule has 0 spiro atoms. The summed E-state index contributed by atoms with van der Waals surface area (Å²) in [6.07, 6.45) is 1.31. The Labute approximate surface area is 114 Å². The van der Waals surface area contributed by atoms with Crippen LogP contribution in [-0.2, 0) is 4.79 Å². The first kappa shape index (κ1) is 13.5. The minimum atomic E-state index is -0.459. The molecule has 0 bridgehead atoms. The lowest BCUT2D eigenvalue weighted by Crippen LogP contribution is -2.12. The van der Waals surface area contributed by atoms with E-state index in [0.29, 0.717) is 5.69 Å². The first-order valence-corrected chi connectivity index (χ1v) is 5.66. The van der Waals surface area contributed by atoms with Crippen molar-refractivity contribution in [2.75, 3.05) is 12.4 Å². The Morgan fingerprint density at radius 2 is 2.30 bits per heavy atom. The van der Waals surface area contributed by atoms with Crippen LogP contribution in [-0.4, -0.2) is 22.8 Å². The summed E-state index contributed by atoms with van der Waals surface area (Å²) < 4.78 is 19.6. The van der Waals surface area contributed by atoms with E-state index in [1.807, 2.05) is 6.07 Å². The predicted molar refractivity (Wildman–Crippen MR) is 69.1 cm³/mol. The zero-order valence-corrected chi connectivity index (χ0v) is 10.8. The van der Waals surface area contributed by atoms with Gasteiger partial charge >= 0.3 is 0 Å². The van der Waals surface area contributed by atoms with Crippen LogP contribution in [0.25, 0.3) is 5.69 Å². The van der Waals surface area contributed by atoms with Gasteiger partial charge < -0.3 is 10.1 Å². The first-order valence-electron chi connectivity index (χ1n) is 5.66. The Morgan fingerprint density at radius 1 is 1.55 bits per heavy atom. The van der Waals surface area contributed by atoms with Crippen molar-refractivity contribution in [1.29, 1.82) is 5.26 Å². The number of halogens is 1. The third-order valence-electron chi connectivity index (χ3n) is 2.55. The summed E-state index contributed by atoms with van der Waals surface area (Å²) in [6, 6.07) is 5.81. The van der Waals surface area contributed by atoms with Crippen LogP contribution < -0.4 is 10.1 Å². The van der Waals surface area contributed by atoms with Gasteiger partial charge in [0.25, 0.3) is 0 Å². The van der Waals surface area contributed by atoms with Crippen LogP contribution >= 0.6 is 0 Å². The van der Waals surface area contributed by atoms with Crippen molar-refractivity contribution in [1.82, 2.24) is 9.78 Å². The number of anilines is 1. The maximum absolute atomic E-state index is 13.2. The number of nitriles is 1. The molecular formula is C13H11FN4O2. The molecule has 2 aromatic rings. The highest BCUT2D eigenvalue weighted by Gasteiger charge is 2.16. The molecule has 1 amide bonds. The predicted octanol–water partition coefficient (Wildman–Crippen LogP) is 1.85. The summed E-state index contributed by atoms with van der Waals surface area (Å²) in [5.41, 5.74) is 0.616. The Kier molecular flexibility index (Phi) is 3.66. The molecule has 102 valence electrons. The molecule has 0 aliphatic heterocycles. The van der Waals surface area contributed by atoms with E-state index in [0.717, 1.165) is 0 Å². The molecule has 0 aliphatic rings. The van der Waals surface area contributed by atoms with Crippen molar-refractivity contribution in [3.8, 4) is 17.5 Å². The van der Waals surface area contributed by atoms with Gasteiger partial charge in [0.05, 0.1) is 13.3 Å². The normalized spacial score (nSPS) is 9.90. The molecule has 0 fully saturated rings. The number of hydrogen-bond donors (Lipinski definition) is 1. The highest BCUT2D eigenvalue weighted by atomic mass is 19.1. The monoisotopic (exact) mass is 274 g/mol. The van der Waals surface area contributed by atoms with Crippen molar-refractivity contribution in [3.05, 3.63) is 35.8 Å². The van der Waals surface area contributed by atoms with E-state index in [2.05, 4.69) is 10.4 Å². The fourth-order valence-corrected chi connectivity index (χ4v) is 1.73. The largest absolute Gasteiger partial charge is 0.494 e. The van der Waals surface area contributed by atoms with E-state index in [4.69, 9.17) is 10.00 Å². The van der Waals surface area contributed by atoms with Gasteiger partial charge in [0.2, 0.25) is 5.91 Å². The summed E-state index contributed by atoms with van der Waals surface area (Å²) in [5, 5.41) is 15.6. The maximum atomic E-state index is 13.2. The zero-order chi connectivity index (χ0) is 14.7. The highest BCUT2D eigenvalue weighted by molar-refractivity contribution is 5.89. The second kappa shape index (κ2) is 5.40. The average Bonchev–Trinajstić information content (AvgIpc) is 2.80. The van der Waals surface area contributed by atoms with Crippen LogP contribution in [0, 0.1) is 17.1 Å². The molecule has 0 radical (unpaired) electrons. The lowest BCUT2D eigenvalue weighted by atomic mass is 10.2. The third kappa shape index (κ3) is 2.44. The lowest BCUT2D eigenvalue weighted by Gasteiger charge is -2.12. The molecule has 1 heterocycles. The molecule has 0 saturated carbocycles. The Bertz CT molecular complexity index is 703. The first-order chi connectivity index (χ1) is 9.56. The van der Waals surface area contributed by atoms with Gasteiger partial charge in [-0.15, -0.1) is 0 Å². The molecule has 1 N–H and O–H groups in total. The Hall–Kier alpha value is -2.88. The fourth-order valence-electron chi connectivity index (χ4n) is 1.73. The second-order valence-corrected chi connectivity index (χ2v) is 3.93. The quantitative estimate of drug-likeness (QED) is 0.926. The summed E-state index contributed by atoms with van der Waals surface area (Å²) >= 11 is 0. The number of ether oxygens (including phenoxy) is 1. The number of carbonyl (C=O) groups excluding carboxylic acids is 1. The van der Waals surface area contributed by atoms with Gasteiger partial charge in [-0.1, -0.05) is 0 Å². The van der Waals surface area contributed by atoms with Crippen molar-refractivity contribution in [2.24, 2.45) is 0 Å². The van der Waals surface area contributed by atoms with Gasteiger partial charge in [0.15, 0.2) is 5.82 Å². The number of hydrogen-bond acceptors (Lipinski definition) is 4. The van der Waals surface area contributed by atoms with Crippen LogP contribution in [0.4, 0.5) is 10.2 Å². The minimum Gasteiger partial charge on any atom is -0.494 e. The van der Waals surface area contributed by atoms with Crippen LogP contribution in [0.2, 0.25) is 0 Å². The summed E-state index contributed by atoms with van der Waals surface area (Å²) in [7, 11) is 1.39. The number of methoxy groups -OCH3 is 1. The van der Waals surface area contributed by atoms with Crippen LogP contribution in [0.5, 0.6) is 5.75 Å². The molecule has 0 unspecified atom stereocenters. The number of nitrogens with one attached hydrogen (secondary N) is 1. The zero-order valence-electron chi connectivity index (χ0n) is 10.8. The van der Waals surface area contributed by atoms with Crippen molar-refractivity contribution in [3.63, 3.8) is 0 Å². The topological polar surface area (TPSA) is 79.9 Å². The molecule has 0 atom stereocenters. The van der Waals surface area contributed by atoms with Gasteiger partial charge in [-0.2, -0.15) is 10.4 Å². The van der Waals surface area contributed by atoms with E-state index in [9.17, 15) is 9.18 Å². The highest BCUT2D eigenvalue weighted by Crippen LogP contribution is 2.27. The van der Waals surface area contributed by atoms with Crippen molar-refractivity contribution >= 4 is 11.7 Å². The number of nitrogens with zero attached hydrogens (tertiary/aromatic N) is 3. The van der Waals surface area contributed by atoms with E-state index >= 15 is 0 Å². The Balaban J connectivity index is 2.61. The summed E-state index contributed by atoms with van der Waals surface area (Å²) in [4.78, 5) is 11.2. The molecule has 6 nitrogen and oxygen atoms in total. The Morgan fingerprint density at radius 3 is 2.90 bits per heavy atom. The van der Waals surface area contributed by atoms with Gasteiger partial charge in [-0.3, -0.25) is 4.79 Å². The number of benzene rings is 1. The standard InChI is InChI=1S/C13H11FN4O2/c1-8(19)17-13-9(6-15)7-16-18(13)11-4-3-10(14)5-12(11)20-2/h3-5,7H,1-2H3,(H,17,19). The molecule has 1 aromatic heterocycles. The van der Waals surface area contributed by atoms with Gasteiger partial charge in [-0.25, -0.2) is 9.07 Å². The molecule has 20 heavy (non-hydrogen) atoms. The van der Waals surface area contributed by atoms with E-state index in [-0.39, 0.29) is 23.0 Å². The summed E-state index contributed by atoms with van der Waals surface area (Å²) in [5.74, 6) is -0.349. The number of carbonyl (C=O) groups is 1. The van der Waals surface area contributed by atoms with Gasteiger partial charge in [-0.05, 0) is 12.1 Å². The van der Waals surface area contributed by atoms with Crippen LogP contribution in [0.3, 0.4) is 0 Å². The smallest absolute Gasteiger partial charge is 0.222 e. The minimum absolute atomic E-state index is 0.201. The number of rotatable bonds is 3. The molecule has 2 rings (SSSR count). The maximum Gasteiger partial charge on any atom is 0.222 e. The molecule has 1 aromatic carbocycles. The molecule has 7 heteroatoms.